The zero-order chi connectivity index (χ0) is 13.2. The first kappa shape index (κ1) is 13.5. The van der Waals surface area contributed by atoms with Gasteiger partial charge in [-0.3, -0.25) is 4.79 Å². The standard InChI is InChI=1S/C12H14BrNO3S/c13-11-2-3-12(10(8-11)9-15)14-4-1-6-18(16,17)7-5-14/h2-3,8-9H,1,4-7H2. The molecule has 0 saturated carbocycles. The van der Waals surface area contributed by atoms with E-state index in [0.717, 1.165) is 16.4 Å². The van der Waals surface area contributed by atoms with Crippen LogP contribution in [0.1, 0.15) is 16.8 Å². The van der Waals surface area contributed by atoms with Gasteiger partial charge in [-0.15, -0.1) is 0 Å². The molecule has 0 N–H and O–H groups in total. The van der Waals surface area contributed by atoms with E-state index in [1.165, 1.54) is 0 Å². The molecule has 98 valence electrons. The minimum absolute atomic E-state index is 0.154. The van der Waals surface area contributed by atoms with Gasteiger partial charge < -0.3 is 4.90 Å². The van der Waals surface area contributed by atoms with Gasteiger partial charge in [0.1, 0.15) is 0 Å². The second-order valence-corrected chi connectivity index (χ2v) is 7.53. The van der Waals surface area contributed by atoms with Crippen LogP contribution in [0.5, 0.6) is 0 Å². The first-order chi connectivity index (χ1) is 8.52. The van der Waals surface area contributed by atoms with Gasteiger partial charge in [-0.25, -0.2) is 8.42 Å². The van der Waals surface area contributed by atoms with Crippen LogP contribution in [0, 0.1) is 0 Å². The van der Waals surface area contributed by atoms with Gasteiger partial charge in [0, 0.05) is 28.8 Å². The molecule has 0 bridgehead atoms. The summed E-state index contributed by atoms with van der Waals surface area (Å²) in [5, 5.41) is 0. The molecule has 0 aromatic heterocycles. The quantitative estimate of drug-likeness (QED) is 0.776. The molecule has 1 aliphatic rings. The van der Waals surface area contributed by atoms with E-state index in [9.17, 15) is 13.2 Å². The summed E-state index contributed by atoms with van der Waals surface area (Å²) in [7, 11) is -2.93. The summed E-state index contributed by atoms with van der Waals surface area (Å²) in [6.45, 7) is 1.12. The predicted octanol–water partition coefficient (Wildman–Crippen LogP) is 1.89. The number of nitrogens with zero attached hydrogens (tertiary/aromatic N) is 1. The van der Waals surface area contributed by atoms with Crippen LogP contribution in [-0.4, -0.2) is 39.3 Å². The van der Waals surface area contributed by atoms with Crippen molar-refractivity contribution in [3.05, 3.63) is 28.2 Å². The SMILES string of the molecule is O=Cc1cc(Br)ccc1N1CCCS(=O)(=O)CC1. The summed E-state index contributed by atoms with van der Waals surface area (Å²) in [4.78, 5) is 13.0. The molecule has 4 nitrogen and oxygen atoms in total. The molecule has 1 aromatic carbocycles. The summed E-state index contributed by atoms with van der Waals surface area (Å²) >= 11 is 3.32. The molecule has 2 rings (SSSR count). The van der Waals surface area contributed by atoms with Crippen LogP contribution in [0.25, 0.3) is 0 Å². The zero-order valence-corrected chi connectivity index (χ0v) is 12.2. The summed E-state index contributed by atoms with van der Waals surface area (Å²) in [5.41, 5.74) is 1.40. The highest BCUT2D eigenvalue weighted by molar-refractivity contribution is 9.10. The lowest BCUT2D eigenvalue weighted by molar-refractivity contribution is 0.112. The van der Waals surface area contributed by atoms with Crippen molar-refractivity contribution in [2.24, 2.45) is 0 Å². The Balaban J connectivity index is 2.29. The fourth-order valence-electron chi connectivity index (χ4n) is 2.09. The van der Waals surface area contributed by atoms with E-state index < -0.39 is 9.84 Å². The average molecular weight is 332 g/mol. The molecule has 1 aromatic rings. The highest BCUT2D eigenvalue weighted by Crippen LogP contribution is 2.24. The number of rotatable bonds is 2. The summed E-state index contributed by atoms with van der Waals surface area (Å²) < 4.78 is 23.9. The average Bonchev–Trinajstić information content (AvgIpc) is 2.50. The molecule has 1 fully saturated rings. The van der Waals surface area contributed by atoms with E-state index in [2.05, 4.69) is 15.9 Å². The van der Waals surface area contributed by atoms with E-state index in [4.69, 9.17) is 0 Å². The van der Waals surface area contributed by atoms with Crippen LogP contribution < -0.4 is 4.90 Å². The number of carbonyl (C=O) groups is 1. The van der Waals surface area contributed by atoms with E-state index in [-0.39, 0.29) is 11.5 Å². The maximum Gasteiger partial charge on any atom is 0.152 e. The van der Waals surface area contributed by atoms with Crippen molar-refractivity contribution in [2.75, 3.05) is 29.5 Å². The van der Waals surface area contributed by atoms with Crippen LogP contribution in [0.15, 0.2) is 22.7 Å². The summed E-state index contributed by atoms with van der Waals surface area (Å²) in [5.74, 6) is 0.387. The van der Waals surface area contributed by atoms with Crippen molar-refractivity contribution in [2.45, 2.75) is 6.42 Å². The Hall–Kier alpha value is -0.880. The normalized spacial score (nSPS) is 19.3. The first-order valence-electron chi connectivity index (χ1n) is 5.72. The van der Waals surface area contributed by atoms with Crippen LogP contribution in [0.3, 0.4) is 0 Å². The molecule has 18 heavy (non-hydrogen) atoms. The Morgan fingerprint density at radius 2 is 2.00 bits per heavy atom. The highest BCUT2D eigenvalue weighted by Gasteiger charge is 2.20. The van der Waals surface area contributed by atoms with E-state index >= 15 is 0 Å². The predicted molar refractivity (Wildman–Crippen MR) is 75.0 cm³/mol. The number of hydrogen-bond acceptors (Lipinski definition) is 4. The Kier molecular flexibility index (Phi) is 4.07. The van der Waals surface area contributed by atoms with E-state index in [0.29, 0.717) is 25.1 Å². The highest BCUT2D eigenvalue weighted by atomic mass is 79.9. The van der Waals surface area contributed by atoms with Crippen LogP contribution in [0.2, 0.25) is 0 Å². The molecule has 1 heterocycles. The maximum absolute atomic E-state index is 11.6. The van der Waals surface area contributed by atoms with Crippen LogP contribution in [-0.2, 0) is 9.84 Å². The molecular formula is C12H14BrNO3S. The molecule has 0 aliphatic carbocycles. The summed E-state index contributed by atoms with van der Waals surface area (Å²) in [6.07, 6.45) is 1.41. The van der Waals surface area contributed by atoms with E-state index in [1.54, 1.807) is 6.07 Å². The lowest BCUT2D eigenvalue weighted by Gasteiger charge is -2.23. The number of benzene rings is 1. The van der Waals surface area contributed by atoms with Crippen LogP contribution in [0.4, 0.5) is 5.69 Å². The van der Waals surface area contributed by atoms with E-state index in [1.807, 2.05) is 17.0 Å². The Morgan fingerprint density at radius 1 is 1.22 bits per heavy atom. The second kappa shape index (κ2) is 5.40. The van der Waals surface area contributed by atoms with Gasteiger partial charge in [0.25, 0.3) is 0 Å². The number of hydrogen-bond donors (Lipinski definition) is 0. The van der Waals surface area contributed by atoms with Gasteiger partial charge >= 0.3 is 0 Å². The van der Waals surface area contributed by atoms with Crippen molar-refractivity contribution in [3.63, 3.8) is 0 Å². The fraction of sp³-hybridized carbons (Fsp3) is 0.417. The van der Waals surface area contributed by atoms with Crippen molar-refractivity contribution in [3.8, 4) is 0 Å². The largest absolute Gasteiger partial charge is 0.370 e. The van der Waals surface area contributed by atoms with Crippen molar-refractivity contribution in [1.29, 1.82) is 0 Å². The molecule has 0 atom stereocenters. The molecule has 6 heteroatoms. The molecule has 1 saturated heterocycles. The Labute approximate surface area is 115 Å². The maximum atomic E-state index is 11.6. The van der Waals surface area contributed by atoms with Crippen molar-refractivity contribution in [1.82, 2.24) is 0 Å². The molecule has 0 radical (unpaired) electrons. The number of anilines is 1. The number of aldehydes is 1. The molecule has 0 amide bonds. The third-order valence-electron chi connectivity index (χ3n) is 3.01. The van der Waals surface area contributed by atoms with Gasteiger partial charge in [-0.05, 0) is 24.6 Å². The van der Waals surface area contributed by atoms with Gasteiger partial charge in [0.05, 0.1) is 11.5 Å². The topological polar surface area (TPSA) is 54.5 Å². The van der Waals surface area contributed by atoms with Crippen LogP contribution >= 0.6 is 15.9 Å². The first-order valence-corrected chi connectivity index (χ1v) is 8.33. The van der Waals surface area contributed by atoms with Crippen molar-refractivity contribution < 1.29 is 13.2 Å². The third kappa shape index (κ3) is 3.11. The molecule has 1 aliphatic heterocycles. The minimum Gasteiger partial charge on any atom is -0.370 e. The third-order valence-corrected chi connectivity index (χ3v) is 5.22. The number of carbonyl (C=O) groups excluding carboxylic acids is 1. The van der Waals surface area contributed by atoms with Crippen molar-refractivity contribution >= 4 is 37.7 Å². The summed E-state index contributed by atoms with van der Waals surface area (Å²) in [6, 6.07) is 5.47. The van der Waals surface area contributed by atoms with Gasteiger partial charge in [-0.1, -0.05) is 15.9 Å². The minimum atomic E-state index is -2.93. The zero-order valence-electron chi connectivity index (χ0n) is 9.80. The molecular weight excluding hydrogens is 318 g/mol. The molecule has 0 unspecified atom stereocenters. The molecule has 0 spiro atoms. The van der Waals surface area contributed by atoms with Gasteiger partial charge in [0.15, 0.2) is 16.1 Å². The Bertz CT molecular complexity index is 556. The van der Waals surface area contributed by atoms with Gasteiger partial charge in [0.2, 0.25) is 0 Å². The number of halogens is 1. The lowest BCUT2D eigenvalue weighted by Crippen LogP contribution is -2.27. The smallest absolute Gasteiger partial charge is 0.152 e. The Morgan fingerprint density at radius 3 is 2.72 bits per heavy atom. The van der Waals surface area contributed by atoms with Gasteiger partial charge in [-0.2, -0.15) is 0 Å². The number of sulfone groups is 1. The second-order valence-electron chi connectivity index (χ2n) is 4.31. The monoisotopic (exact) mass is 331 g/mol. The fourth-order valence-corrected chi connectivity index (χ4v) is 3.74. The lowest BCUT2D eigenvalue weighted by atomic mass is 10.1.